The number of hydrogen-bond acceptors (Lipinski definition) is 6. The van der Waals surface area contributed by atoms with Crippen LogP contribution in [-0.4, -0.2) is 40.0 Å². The second kappa shape index (κ2) is 7.09. The Bertz CT molecular complexity index is 538. The summed E-state index contributed by atoms with van der Waals surface area (Å²) in [5, 5.41) is 0.513. The van der Waals surface area contributed by atoms with Gasteiger partial charge in [-0.25, -0.2) is 4.98 Å². The summed E-state index contributed by atoms with van der Waals surface area (Å²) in [6, 6.07) is -0.233. The van der Waals surface area contributed by atoms with Gasteiger partial charge in [-0.3, -0.25) is 9.36 Å². The Morgan fingerprint density at radius 3 is 2.62 bits per heavy atom. The molecule has 6 nitrogen and oxygen atoms in total. The SMILES string of the molecule is CCOP(=O)(C[C@H]1[C@H](C(=O)CC)Sc2nccn21)OCC. The maximum Gasteiger partial charge on any atom is 0.332 e. The molecule has 0 unspecified atom stereocenters. The van der Waals surface area contributed by atoms with Crippen LogP contribution in [0.3, 0.4) is 0 Å². The van der Waals surface area contributed by atoms with Crippen LogP contribution in [0, 0.1) is 0 Å². The van der Waals surface area contributed by atoms with E-state index in [1.807, 2.05) is 17.7 Å². The maximum absolute atomic E-state index is 12.8. The summed E-state index contributed by atoms with van der Waals surface area (Å²) in [6.45, 7) is 6.05. The van der Waals surface area contributed by atoms with Crippen molar-refractivity contribution < 1.29 is 18.4 Å². The highest BCUT2D eigenvalue weighted by molar-refractivity contribution is 8.00. The fourth-order valence-electron chi connectivity index (χ4n) is 2.41. The summed E-state index contributed by atoms with van der Waals surface area (Å²) in [5.74, 6) is 0.134. The summed E-state index contributed by atoms with van der Waals surface area (Å²) in [7, 11) is -3.20. The number of imidazole rings is 1. The van der Waals surface area contributed by atoms with Crippen molar-refractivity contribution in [3.63, 3.8) is 0 Å². The van der Waals surface area contributed by atoms with E-state index in [4.69, 9.17) is 9.05 Å². The van der Waals surface area contributed by atoms with E-state index >= 15 is 0 Å². The average molecular weight is 332 g/mol. The van der Waals surface area contributed by atoms with Crippen LogP contribution in [0.1, 0.15) is 33.2 Å². The lowest BCUT2D eigenvalue weighted by atomic mass is 10.1. The number of rotatable bonds is 8. The number of Topliss-reactive ketones (excluding diaryl/α,β-unsaturated/α-hetero) is 1. The Hall–Kier alpha value is -0.620. The minimum Gasteiger partial charge on any atom is -0.321 e. The van der Waals surface area contributed by atoms with E-state index in [-0.39, 0.29) is 23.2 Å². The zero-order chi connectivity index (χ0) is 15.5. The molecule has 2 rings (SSSR count). The lowest BCUT2D eigenvalue weighted by Gasteiger charge is -2.24. The summed E-state index contributed by atoms with van der Waals surface area (Å²) >= 11 is 1.43. The number of carbonyl (C=O) groups excluding carboxylic acids is 1. The molecule has 0 radical (unpaired) electrons. The number of carbonyl (C=O) groups is 1. The maximum atomic E-state index is 12.8. The van der Waals surface area contributed by atoms with E-state index in [9.17, 15) is 9.36 Å². The van der Waals surface area contributed by atoms with Crippen molar-refractivity contribution in [2.24, 2.45) is 0 Å². The Labute approximate surface area is 129 Å². The fourth-order valence-corrected chi connectivity index (χ4v) is 5.82. The van der Waals surface area contributed by atoms with E-state index in [1.54, 1.807) is 20.0 Å². The number of aromatic nitrogens is 2. The minimum atomic E-state index is -3.20. The molecule has 0 saturated carbocycles. The van der Waals surface area contributed by atoms with E-state index < -0.39 is 7.60 Å². The zero-order valence-electron chi connectivity index (χ0n) is 12.5. The molecular weight excluding hydrogens is 311 g/mol. The third-order valence-corrected chi connectivity index (χ3v) is 6.78. The molecule has 0 spiro atoms. The predicted molar refractivity (Wildman–Crippen MR) is 81.9 cm³/mol. The lowest BCUT2D eigenvalue weighted by Crippen LogP contribution is -2.27. The van der Waals surface area contributed by atoms with Crippen molar-refractivity contribution in [3.8, 4) is 0 Å². The van der Waals surface area contributed by atoms with Gasteiger partial charge in [-0.15, -0.1) is 0 Å². The third kappa shape index (κ3) is 3.59. The van der Waals surface area contributed by atoms with Crippen LogP contribution in [0.4, 0.5) is 0 Å². The van der Waals surface area contributed by atoms with Crippen LogP contribution in [0.2, 0.25) is 0 Å². The Kier molecular flexibility index (Phi) is 5.66. The van der Waals surface area contributed by atoms with Gasteiger partial charge in [-0.1, -0.05) is 18.7 Å². The second-order valence-corrected chi connectivity index (χ2v) is 7.88. The molecule has 118 valence electrons. The van der Waals surface area contributed by atoms with E-state index in [0.29, 0.717) is 19.6 Å². The van der Waals surface area contributed by atoms with Gasteiger partial charge >= 0.3 is 7.60 Å². The molecule has 0 fully saturated rings. The summed E-state index contributed by atoms with van der Waals surface area (Å²) < 4.78 is 25.4. The Morgan fingerprint density at radius 1 is 1.38 bits per heavy atom. The molecular formula is C13H21N2O4PS. The minimum absolute atomic E-state index is 0.134. The normalized spacial score (nSPS) is 21.5. The summed E-state index contributed by atoms with van der Waals surface area (Å²) in [5.41, 5.74) is 0. The predicted octanol–water partition coefficient (Wildman–Crippen LogP) is 3.14. The van der Waals surface area contributed by atoms with Gasteiger partial charge in [0, 0.05) is 18.8 Å². The van der Waals surface area contributed by atoms with Crippen molar-refractivity contribution in [3.05, 3.63) is 12.4 Å². The standard InChI is InChI=1S/C13H21N2O4PS/c1-4-11(16)12-10(15-8-7-14-13(15)21-12)9-20(17,18-5-2)19-6-3/h7-8,10,12H,4-6,9H2,1-3H3/t10-,12+/m0/s1. The first-order chi connectivity index (χ1) is 10.0. The third-order valence-electron chi connectivity index (χ3n) is 3.30. The molecule has 0 aromatic carbocycles. The second-order valence-electron chi connectivity index (χ2n) is 4.67. The molecule has 1 aliphatic rings. The first kappa shape index (κ1) is 16.7. The van der Waals surface area contributed by atoms with Gasteiger partial charge in [-0.2, -0.15) is 0 Å². The van der Waals surface area contributed by atoms with Gasteiger partial charge in [0.05, 0.1) is 30.7 Å². The van der Waals surface area contributed by atoms with E-state index in [0.717, 1.165) is 5.16 Å². The molecule has 1 aliphatic heterocycles. The molecule has 2 atom stereocenters. The topological polar surface area (TPSA) is 70.4 Å². The molecule has 2 heterocycles. The van der Waals surface area contributed by atoms with Gasteiger partial charge in [0.1, 0.15) is 5.78 Å². The van der Waals surface area contributed by atoms with Gasteiger partial charge in [-0.05, 0) is 13.8 Å². The molecule has 1 aromatic heterocycles. The van der Waals surface area contributed by atoms with Crippen molar-refractivity contribution in [2.45, 2.75) is 43.6 Å². The quantitative estimate of drug-likeness (QED) is 0.681. The van der Waals surface area contributed by atoms with Crippen LogP contribution in [-0.2, 0) is 18.4 Å². The monoisotopic (exact) mass is 332 g/mol. The Morgan fingerprint density at radius 2 is 2.05 bits per heavy atom. The smallest absolute Gasteiger partial charge is 0.321 e. The first-order valence-corrected chi connectivity index (χ1v) is 9.75. The van der Waals surface area contributed by atoms with Gasteiger partial charge < -0.3 is 13.6 Å². The van der Waals surface area contributed by atoms with Crippen molar-refractivity contribution in [1.29, 1.82) is 0 Å². The molecule has 0 bridgehead atoms. The van der Waals surface area contributed by atoms with E-state index in [2.05, 4.69) is 4.98 Å². The molecule has 8 heteroatoms. The van der Waals surface area contributed by atoms with Crippen LogP contribution in [0.15, 0.2) is 17.6 Å². The largest absolute Gasteiger partial charge is 0.332 e. The highest BCUT2D eigenvalue weighted by Crippen LogP contribution is 2.54. The number of hydrogen-bond donors (Lipinski definition) is 0. The number of thioether (sulfide) groups is 1. The molecule has 21 heavy (non-hydrogen) atoms. The lowest BCUT2D eigenvalue weighted by molar-refractivity contribution is -0.118. The number of nitrogens with zero attached hydrogens (tertiary/aromatic N) is 2. The molecule has 0 aliphatic carbocycles. The average Bonchev–Trinajstić information content (AvgIpc) is 3.01. The van der Waals surface area contributed by atoms with Crippen molar-refractivity contribution in [1.82, 2.24) is 9.55 Å². The van der Waals surface area contributed by atoms with Crippen LogP contribution in [0.25, 0.3) is 0 Å². The van der Waals surface area contributed by atoms with Gasteiger partial charge in [0.2, 0.25) is 0 Å². The first-order valence-electron chi connectivity index (χ1n) is 7.15. The highest BCUT2D eigenvalue weighted by Gasteiger charge is 2.42. The van der Waals surface area contributed by atoms with Crippen molar-refractivity contribution >= 4 is 25.1 Å². The zero-order valence-corrected chi connectivity index (χ0v) is 14.2. The summed E-state index contributed by atoms with van der Waals surface area (Å²) in [6.07, 6.45) is 4.15. The highest BCUT2D eigenvalue weighted by atomic mass is 32.2. The summed E-state index contributed by atoms with van der Waals surface area (Å²) in [4.78, 5) is 16.4. The van der Waals surface area contributed by atoms with E-state index in [1.165, 1.54) is 11.8 Å². The number of ketones is 1. The fraction of sp³-hybridized carbons (Fsp3) is 0.692. The van der Waals surface area contributed by atoms with Crippen LogP contribution < -0.4 is 0 Å². The molecule has 1 aromatic rings. The molecule has 0 saturated heterocycles. The van der Waals surface area contributed by atoms with Crippen LogP contribution >= 0.6 is 19.4 Å². The molecule has 0 amide bonds. The number of fused-ring (bicyclic) bond motifs is 1. The molecule has 0 N–H and O–H groups in total. The van der Waals surface area contributed by atoms with Gasteiger partial charge in [0.15, 0.2) is 5.16 Å². The Balaban J connectivity index is 2.25. The van der Waals surface area contributed by atoms with Crippen LogP contribution in [0.5, 0.6) is 0 Å². The van der Waals surface area contributed by atoms with Gasteiger partial charge in [0.25, 0.3) is 0 Å². The van der Waals surface area contributed by atoms with Crippen molar-refractivity contribution in [2.75, 3.05) is 19.4 Å².